The first-order chi connectivity index (χ1) is 9.15. The van der Waals surface area contributed by atoms with E-state index in [2.05, 4.69) is 29.4 Å². The quantitative estimate of drug-likeness (QED) is 0.821. The summed E-state index contributed by atoms with van der Waals surface area (Å²) in [4.78, 5) is 4.67. The van der Waals surface area contributed by atoms with Crippen LogP contribution >= 0.6 is 12.2 Å². The molecule has 0 amide bonds. The van der Waals surface area contributed by atoms with Crippen molar-refractivity contribution >= 4 is 23.0 Å². The third-order valence-corrected chi connectivity index (χ3v) is 3.06. The van der Waals surface area contributed by atoms with E-state index in [9.17, 15) is 0 Å². The van der Waals surface area contributed by atoms with Crippen LogP contribution in [0.3, 0.4) is 0 Å². The molecule has 1 aromatic carbocycles. The summed E-state index contributed by atoms with van der Waals surface area (Å²) in [5.74, 6) is 0.800. The van der Waals surface area contributed by atoms with E-state index in [1.807, 2.05) is 30.3 Å². The molecule has 0 radical (unpaired) electrons. The van der Waals surface area contributed by atoms with Gasteiger partial charge in [-0.1, -0.05) is 42.5 Å². The lowest BCUT2D eigenvalue weighted by molar-refractivity contribution is 0.784. The van der Waals surface area contributed by atoms with Crippen molar-refractivity contribution in [2.24, 2.45) is 5.73 Å². The van der Waals surface area contributed by atoms with Crippen LogP contribution in [-0.4, -0.2) is 16.0 Å². The van der Waals surface area contributed by atoms with Crippen LogP contribution in [0.25, 0.3) is 0 Å². The largest absolute Gasteiger partial charge is 0.389 e. The van der Waals surface area contributed by atoms with Crippen molar-refractivity contribution in [2.45, 2.75) is 19.4 Å². The number of rotatable bonds is 5. The molecule has 2 aromatic rings. The Morgan fingerprint density at radius 1 is 1.32 bits per heavy atom. The summed E-state index contributed by atoms with van der Waals surface area (Å²) < 4.78 is 0. The maximum atomic E-state index is 5.61. The average Bonchev–Trinajstić information content (AvgIpc) is 2.40. The fourth-order valence-corrected chi connectivity index (χ4v) is 2.06. The van der Waals surface area contributed by atoms with Crippen LogP contribution in [0.1, 0.15) is 18.1 Å². The summed E-state index contributed by atoms with van der Waals surface area (Å²) in [6.45, 7) is 2.13. The number of thiocarbonyl (C=S) groups is 1. The highest BCUT2D eigenvalue weighted by Gasteiger charge is 2.05. The van der Waals surface area contributed by atoms with Crippen LogP contribution in [0.5, 0.6) is 0 Å². The highest BCUT2D eigenvalue weighted by molar-refractivity contribution is 7.80. The second kappa shape index (κ2) is 6.29. The summed E-state index contributed by atoms with van der Waals surface area (Å²) in [6, 6.07) is 14.3. The van der Waals surface area contributed by atoms with E-state index >= 15 is 0 Å². The Bertz CT molecular complexity index is 554. The Balaban J connectivity index is 2.01. The minimum Gasteiger partial charge on any atom is -0.389 e. The molecular weight excluding hydrogens is 254 g/mol. The normalized spacial score (nSPS) is 11.8. The van der Waals surface area contributed by atoms with Crippen LogP contribution in [-0.2, 0) is 6.42 Å². The first-order valence-electron chi connectivity index (χ1n) is 6.21. The summed E-state index contributed by atoms with van der Waals surface area (Å²) in [5, 5.41) is 3.36. The van der Waals surface area contributed by atoms with Gasteiger partial charge in [-0.2, -0.15) is 0 Å². The fraction of sp³-hybridized carbons (Fsp3) is 0.200. The van der Waals surface area contributed by atoms with Gasteiger partial charge in [0.1, 0.15) is 10.8 Å². The molecule has 4 heteroatoms. The summed E-state index contributed by atoms with van der Waals surface area (Å²) in [6.07, 6.45) is 2.66. The molecule has 3 nitrogen and oxygen atoms in total. The predicted molar refractivity (Wildman–Crippen MR) is 83.4 cm³/mol. The van der Waals surface area contributed by atoms with E-state index in [0.29, 0.717) is 4.99 Å². The van der Waals surface area contributed by atoms with Gasteiger partial charge < -0.3 is 11.1 Å². The van der Waals surface area contributed by atoms with Crippen LogP contribution in [0.15, 0.2) is 48.7 Å². The summed E-state index contributed by atoms with van der Waals surface area (Å²) in [7, 11) is 0. The zero-order chi connectivity index (χ0) is 13.7. The maximum Gasteiger partial charge on any atom is 0.126 e. The third kappa shape index (κ3) is 4.03. The topological polar surface area (TPSA) is 50.9 Å². The number of nitrogens with two attached hydrogens (primary N) is 1. The number of hydrogen-bond acceptors (Lipinski definition) is 3. The monoisotopic (exact) mass is 271 g/mol. The van der Waals surface area contributed by atoms with Gasteiger partial charge in [0.25, 0.3) is 0 Å². The molecule has 0 aliphatic carbocycles. The smallest absolute Gasteiger partial charge is 0.126 e. The zero-order valence-electron chi connectivity index (χ0n) is 10.8. The highest BCUT2D eigenvalue weighted by Crippen LogP contribution is 2.11. The van der Waals surface area contributed by atoms with Crippen molar-refractivity contribution in [3.8, 4) is 0 Å². The lowest BCUT2D eigenvalue weighted by Gasteiger charge is -2.15. The highest BCUT2D eigenvalue weighted by atomic mass is 32.1. The molecule has 0 aliphatic rings. The van der Waals surface area contributed by atoms with Crippen LogP contribution in [0, 0.1) is 0 Å². The fourth-order valence-electron chi connectivity index (χ4n) is 1.93. The average molecular weight is 271 g/mol. The molecule has 19 heavy (non-hydrogen) atoms. The molecule has 1 unspecified atom stereocenters. The Kier molecular flexibility index (Phi) is 4.47. The van der Waals surface area contributed by atoms with Gasteiger partial charge in [-0.05, 0) is 31.0 Å². The molecule has 0 saturated heterocycles. The number of hydrogen-bond donors (Lipinski definition) is 2. The van der Waals surface area contributed by atoms with Crippen molar-refractivity contribution in [1.82, 2.24) is 4.98 Å². The SMILES string of the molecule is CC(Cc1ccccc1)Nc1cc(C(N)=S)ccn1. The minimum absolute atomic E-state index is 0.288. The van der Waals surface area contributed by atoms with Gasteiger partial charge in [-0.3, -0.25) is 0 Å². The molecule has 2 rings (SSSR count). The van der Waals surface area contributed by atoms with Crippen molar-refractivity contribution in [1.29, 1.82) is 0 Å². The second-order valence-corrected chi connectivity index (χ2v) is 4.97. The van der Waals surface area contributed by atoms with Gasteiger partial charge in [0.2, 0.25) is 0 Å². The van der Waals surface area contributed by atoms with Gasteiger partial charge in [0.15, 0.2) is 0 Å². The van der Waals surface area contributed by atoms with E-state index in [4.69, 9.17) is 18.0 Å². The van der Waals surface area contributed by atoms with Crippen molar-refractivity contribution in [3.05, 3.63) is 59.8 Å². The molecule has 0 saturated carbocycles. The van der Waals surface area contributed by atoms with E-state index in [0.717, 1.165) is 17.8 Å². The van der Waals surface area contributed by atoms with Gasteiger partial charge in [0, 0.05) is 17.8 Å². The molecule has 0 bridgehead atoms. The van der Waals surface area contributed by atoms with Gasteiger partial charge in [-0.15, -0.1) is 0 Å². The van der Waals surface area contributed by atoms with Crippen molar-refractivity contribution < 1.29 is 0 Å². The molecule has 0 aliphatic heterocycles. The van der Waals surface area contributed by atoms with Crippen LogP contribution in [0.2, 0.25) is 0 Å². The molecule has 0 fully saturated rings. The molecule has 98 valence electrons. The molecule has 1 atom stereocenters. The second-order valence-electron chi connectivity index (χ2n) is 4.53. The Morgan fingerprint density at radius 2 is 2.05 bits per heavy atom. The van der Waals surface area contributed by atoms with Gasteiger partial charge in [-0.25, -0.2) is 4.98 Å². The van der Waals surface area contributed by atoms with Crippen LogP contribution < -0.4 is 11.1 Å². The Hall–Kier alpha value is -1.94. The van der Waals surface area contributed by atoms with E-state index in [-0.39, 0.29) is 6.04 Å². The lowest BCUT2D eigenvalue weighted by Crippen LogP contribution is -2.19. The standard InChI is InChI=1S/C15H17N3S/c1-11(9-12-5-3-2-4-6-12)18-14-10-13(15(16)19)7-8-17-14/h2-8,10-11H,9H2,1H3,(H2,16,19)(H,17,18). The van der Waals surface area contributed by atoms with E-state index in [1.54, 1.807) is 6.20 Å². The summed E-state index contributed by atoms with van der Waals surface area (Å²) >= 11 is 4.96. The molecule has 1 heterocycles. The number of nitrogens with zero attached hydrogens (tertiary/aromatic N) is 1. The first kappa shape index (κ1) is 13.5. The lowest BCUT2D eigenvalue weighted by atomic mass is 10.1. The first-order valence-corrected chi connectivity index (χ1v) is 6.62. The minimum atomic E-state index is 0.288. The van der Waals surface area contributed by atoms with Crippen molar-refractivity contribution in [3.63, 3.8) is 0 Å². The number of benzene rings is 1. The Morgan fingerprint density at radius 3 is 2.74 bits per heavy atom. The number of anilines is 1. The Labute approximate surface area is 118 Å². The number of nitrogens with one attached hydrogen (secondary N) is 1. The molecule has 3 N–H and O–H groups in total. The van der Waals surface area contributed by atoms with Crippen LogP contribution in [0.4, 0.5) is 5.82 Å². The maximum absolute atomic E-state index is 5.61. The van der Waals surface area contributed by atoms with Crippen molar-refractivity contribution in [2.75, 3.05) is 5.32 Å². The number of aromatic nitrogens is 1. The predicted octanol–water partition coefficient (Wildman–Crippen LogP) is 2.76. The zero-order valence-corrected chi connectivity index (χ0v) is 11.7. The molecular formula is C15H17N3S. The molecule has 0 spiro atoms. The summed E-state index contributed by atoms with van der Waals surface area (Å²) in [5.41, 5.74) is 7.74. The van der Waals surface area contributed by atoms with E-state index in [1.165, 1.54) is 5.56 Å². The third-order valence-electron chi connectivity index (χ3n) is 2.82. The van der Waals surface area contributed by atoms with Gasteiger partial charge in [0.05, 0.1) is 0 Å². The van der Waals surface area contributed by atoms with Gasteiger partial charge >= 0.3 is 0 Å². The van der Waals surface area contributed by atoms with E-state index < -0.39 is 0 Å². The molecule has 1 aromatic heterocycles. The number of pyridine rings is 1.